The number of hydrogen-bond donors (Lipinski definition) is 1. The SMILES string of the molecule is CC1Oc2ccc(NC(=O)CCN3CCCCC3=O)cc2N(C)C1=O. The molecule has 0 spiro atoms. The molecule has 1 unspecified atom stereocenters. The molecule has 2 aliphatic rings. The first-order valence-corrected chi connectivity index (χ1v) is 8.61. The first kappa shape index (κ1) is 17.3. The van der Waals surface area contributed by atoms with Crippen molar-refractivity contribution in [3.05, 3.63) is 18.2 Å². The summed E-state index contributed by atoms with van der Waals surface area (Å²) in [6, 6.07) is 5.22. The van der Waals surface area contributed by atoms with E-state index in [1.165, 1.54) is 4.90 Å². The molecular formula is C18H23N3O4. The number of benzene rings is 1. The summed E-state index contributed by atoms with van der Waals surface area (Å²) >= 11 is 0. The summed E-state index contributed by atoms with van der Waals surface area (Å²) in [7, 11) is 1.69. The zero-order chi connectivity index (χ0) is 18.0. The molecule has 0 radical (unpaired) electrons. The van der Waals surface area contributed by atoms with Gasteiger partial charge in [-0.3, -0.25) is 14.4 Å². The normalized spacial score (nSPS) is 20.2. The molecule has 1 aromatic carbocycles. The summed E-state index contributed by atoms with van der Waals surface area (Å²) in [5.41, 5.74) is 1.23. The van der Waals surface area contributed by atoms with E-state index in [9.17, 15) is 14.4 Å². The number of hydrogen-bond acceptors (Lipinski definition) is 4. The van der Waals surface area contributed by atoms with Gasteiger partial charge >= 0.3 is 0 Å². The largest absolute Gasteiger partial charge is 0.479 e. The van der Waals surface area contributed by atoms with E-state index in [2.05, 4.69) is 5.32 Å². The van der Waals surface area contributed by atoms with E-state index in [1.54, 1.807) is 37.1 Å². The summed E-state index contributed by atoms with van der Waals surface area (Å²) in [6.07, 6.45) is 2.25. The molecule has 3 amide bonds. The summed E-state index contributed by atoms with van der Waals surface area (Å²) in [5.74, 6) is 0.461. The van der Waals surface area contributed by atoms with Gasteiger partial charge < -0.3 is 19.9 Å². The predicted molar refractivity (Wildman–Crippen MR) is 93.6 cm³/mol. The Morgan fingerprint density at radius 1 is 1.32 bits per heavy atom. The van der Waals surface area contributed by atoms with Crippen LogP contribution in [-0.2, 0) is 14.4 Å². The van der Waals surface area contributed by atoms with Crippen LogP contribution in [0.5, 0.6) is 5.75 Å². The number of likely N-dealkylation sites (N-methyl/N-ethyl adjacent to an activating group) is 1. The van der Waals surface area contributed by atoms with E-state index in [0.29, 0.717) is 30.1 Å². The summed E-state index contributed by atoms with van der Waals surface area (Å²) < 4.78 is 5.57. The number of likely N-dealkylation sites (tertiary alicyclic amines) is 1. The van der Waals surface area contributed by atoms with Crippen LogP contribution in [0, 0.1) is 0 Å². The molecule has 1 aromatic rings. The maximum absolute atomic E-state index is 12.2. The van der Waals surface area contributed by atoms with Crippen molar-refractivity contribution in [2.45, 2.75) is 38.7 Å². The highest BCUT2D eigenvalue weighted by molar-refractivity contribution is 6.00. The fourth-order valence-corrected chi connectivity index (χ4v) is 3.15. The van der Waals surface area contributed by atoms with E-state index in [0.717, 1.165) is 19.4 Å². The fourth-order valence-electron chi connectivity index (χ4n) is 3.15. The minimum absolute atomic E-state index is 0.124. The van der Waals surface area contributed by atoms with Crippen LogP contribution in [0.2, 0.25) is 0 Å². The average molecular weight is 345 g/mol. The first-order chi connectivity index (χ1) is 12.0. The summed E-state index contributed by atoms with van der Waals surface area (Å²) in [6.45, 7) is 2.88. The highest BCUT2D eigenvalue weighted by Gasteiger charge is 2.29. The lowest BCUT2D eigenvalue weighted by molar-refractivity contribution is -0.133. The van der Waals surface area contributed by atoms with Crippen molar-refractivity contribution in [3.63, 3.8) is 0 Å². The Hall–Kier alpha value is -2.57. The lowest BCUT2D eigenvalue weighted by Crippen LogP contribution is -2.42. The molecule has 3 rings (SSSR count). The van der Waals surface area contributed by atoms with Gasteiger partial charge in [-0.25, -0.2) is 0 Å². The third kappa shape index (κ3) is 3.75. The van der Waals surface area contributed by atoms with Crippen molar-refractivity contribution >= 4 is 29.1 Å². The van der Waals surface area contributed by atoms with Gasteiger partial charge in [0.2, 0.25) is 11.8 Å². The quantitative estimate of drug-likeness (QED) is 0.902. The van der Waals surface area contributed by atoms with E-state index in [1.807, 2.05) is 0 Å². The van der Waals surface area contributed by atoms with Gasteiger partial charge in [-0.2, -0.15) is 0 Å². The van der Waals surface area contributed by atoms with Crippen molar-refractivity contribution in [1.29, 1.82) is 0 Å². The van der Waals surface area contributed by atoms with Gasteiger partial charge in [-0.15, -0.1) is 0 Å². The predicted octanol–water partition coefficient (Wildman–Crippen LogP) is 1.77. The number of amides is 3. The number of nitrogens with zero attached hydrogens (tertiary/aromatic N) is 2. The molecule has 1 saturated heterocycles. The molecule has 1 atom stereocenters. The molecule has 1 fully saturated rings. The lowest BCUT2D eigenvalue weighted by Gasteiger charge is -2.30. The molecule has 25 heavy (non-hydrogen) atoms. The van der Waals surface area contributed by atoms with E-state index in [-0.39, 0.29) is 24.1 Å². The smallest absolute Gasteiger partial charge is 0.267 e. The van der Waals surface area contributed by atoms with Gasteiger partial charge in [0.25, 0.3) is 5.91 Å². The van der Waals surface area contributed by atoms with Crippen molar-refractivity contribution < 1.29 is 19.1 Å². The molecule has 2 aliphatic heterocycles. The number of rotatable bonds is 4. The maximum atomic E-state index is 12.2. The lowest BCUT2D eigenvalue weighted by atomic mass is 10.1. The number of fused-ring (bicyclic) bond motifs is 1. The van der Waals surface area contributed by atoms with Crippen LogP contribution >= 0.6 is 0 Å². The Morgan fingerprint density at radius 3 is 2.88 bits per heavy atom. The number of nitrogens with one attached hydrogen (secondary N) is 1. The van der Waals surface area contributed by atoms with Gasteiger partial charge in [0.1, 0.15) is 5.75 Å². The molecule has 7 nitrogen and oxygen atoms in total. The summed E-state index contributed by atoms with van der Waals surface area (Å²) in [5, 5.41) is 2.82. The number of piperidine rings is 1. The minimum atomic E-state index is -0.514. The van der Waals surface area contributed by atoms with Gasteiger partial charge in [-0.05, 0) is 38.0 Å². The number of carbonyl (C=O) groups excluding carboxylic acids is 3. The fraction of sp³-hybridized carbons (Fsp3) is 0.500. The van der Waals surface area contributed by atoms with Gasteiger partial charge in [0.15, 0.2) is 6.10 Å². The van der Waals surface area contributed by atoms with Crippen molar-refractivity contribution in [2.75, 3.05) is 30.4 Å². The second-order valence-corrected chi connectivity index (χ2v) is 6.48. The topological polar surface area (TPSA) is 79.0 Å². The van der Waals surface area contributed by atoms with Crippen LogP contribution in [0.1, 0.15) is 32.6 Å². The highest BCUT2D eigenvalue weighted by Crippen LogP contribution is 2.35. The van der Waals surface area contributed by atoms with Crippen molar-refractivity contribution in [3.8, 4) is 5.75 Å². The van der Waals surface area contributed by atoms with Gasteiger partial charge in [0, 0.05) is 38.7 Å². The Bertz CT molecular complexity index is 704. The molecule has 0 aromatic heterocycles. The summed E-state index contributed by atoms with van der Waals surface area (Å²) in [4.78, 5) is 39.2. The van der Waals surface area contributed by atoms with E-state index >= 15 is 0 Å². The molecule has 0 aliphatic carbocycles. The standard InChI is InChI=1S/C18H23N3O4/c1-12-18(24)20(2)14-11-13(6-7-15(14)25-12)19-16(22)8-10-21-9-4-3-5-17(21)23/h6-7,11-12H,3-5,8-10H2,1-2H3,(H,19,22). The molecular weight excluding hydrogens is 322 g/mol. The van der Waals surface area contributed by atoms with Crippen LogP contribution in [-0.4, -0.2) is 48.9 Å². The molecule has 7 heteroatoms. The molecule has 134 valence electrons. The van der Waals surface area contributed by atoms with Crippen LogP contribution in [0.25, 0.3) is 0 Å². The van der Waals surface area contributed by atoms with E-state index in [4.69, 9.17) is 4.74 Å². The Morgan fingerprint density at radius 2 is 2.12 bits per heavy atom. The van der Waals surface area contributed by atoms with Gasteiger partial charge in [0.05, 0.1) is 5.69 Å². The second-order valence-electron chi connectivity index (χ2n) is 6.48. The first-order valence-electron chi connectivity index (χ1n) is 8.61. The number of anilines is 2. The highest BCUT2D eigenvalue weighted by atomic mass is 16.5. The van der Waals surface area contributed by atoms with E-state index < -0.39 is 6.10 Å². The van der Waals surface area contributed by atoms with Crippen molar-refractivity contribution in [1.82, 2.24) is 4.90 Å². The maximum Gasteiger partial charge on any atom is 0.267 e. The van der Waals surface area contributed by atoms with Crippen LogP contribution in [0.15, 0.2) is 18.2 Å². The second kappa shape index (κ2) is 7.13. The third-order valence-electron chi connectivity index (χ3n) is 4.62. The minimum Gasteiger partial charge on any atom is -0.479 e. The third-order valence-corrected chi connectivity index (χ3v) is 4.62. The molecule has 0 saturated carbocycles. The van der Waals surface area contributed by atoms with Crippen molar-refractivity contribution in [2.24, 2.45) is 0 Å². The molecule has 1 N–H and O–H groups in total. The van der Waals surface area contributed by atoms with Gasteiger partial charge in [-0.1, -0.05) is 0 Å². The van der Waals surface area contributed by atoms with Crippen LogP contribution in [0.3, 0.4) is 0 Å². The Labute approximate surface area is 146 Å². The zero-order valence-electron chi connectivity index (χ0n) is 14.6. The number of carbonyl (C=O) groups is 3. The Kier molecular flexibility index (Phi) is 4.92. The molecule has 0 bridgehead atoms. The van der Waals surface area contributed by atoms with Crippen LogP contribution in [0.4, 0.5) is 11.4 Å². The monoisotopic (exact) mass is 345 g/mol. The Balaban J connectivity index is 1.60. The molecule has 2 heterocycles. The zero-order valence-corrected chi connectivity index (χ0v) is 14.6. The van der Waals surface area contributed by atoms with Crippen LogP contribution < -0.4 is 15.0 Å². The number of ether oxygens (including phenoxy) is 1. The average Bonchev–Trinajstić information content (AvgIpc) is 2.60.